The Kier molecular flexibility index (Phi) is 5.58. The average Bonchev–Trinajstić information content (AvgIpc) is 3.06. The Bertz CT molecular complexity index is 1480. The molecule has 2 aromatic heterocycles. The Morgan fingerprint density at radius 1 is 0.788 bits per heavy atom. The van der Waals surface area contributed by atoms with Crippen molar-refractivity contribution in [3.63, 3.8) is 0 Å². The highest BCUT2D eigenvalue weighted by Gasteiger charge is 2.19. The Labute approximate surface area is 195 Å². The molecule has 5 rings (SSSR count). The van der Waals surface area contributed by atoms with Crippen molar-refractivity contribution in [3.05, 3.63) is 101 Å². The number of nitrogens with one attached hydrogen (secondary N) is 2. The molecule has 164 valence electrons. The van der Waals surface area contributed by atoms with Crippen molar-refractivity contribution in [2.75, 3.05) is 10.0 Å². The first-order valence-electron chi connectivity index (χ1n) is 10.5. The molecular weight excluding hydrogens is 432 g/mol. The topological polar surface area (TPSA) is 76.8 Å². The van der Waals surface area contributed by atoms with Gasteiger partial charge in [0.05, 0.1) is 22.4 Å². The van der Waals surface area contributed by atoms with Crippen LogP contribution in [0.25, 0.3) is 16.7 Å². The molecule has 0 fully saturated rings. The van der Waals surface area contributed by atoms with Crippen molar-refractivity contribution in [1.29, 1.82) is 0 Å². The van der Waals surface area contributed by atoms with E-state index < -0.39 is 0 Å². The third-order valence-electron chi connectivity index (χ3n) is 5.38. The van der Waals surface area contributed by atoms with Crippen LogP contribution in [0.5, 0.6) is 0 Å². The van der Waals surface area contributed by atoms with Gasteiger partial charge in [0.25, 0.3) is 5.56 Å². The largest absolute Gasteiger partial charge is 0.331 e. The summed E-state index contributed by atoms with van der Waals surface area (Å²) in [6.07, 6.45) is 0. The van der Waals surface area contributed by atoms with Gasteiger partial charge in [-0.25, -0.2) is 14.6 Å². The molecule has 7 nitrogen and oxygen atoms in total. The first-order valence-corrected chi connectivity index (χ1v) is 11.3. The lowest BCUT2D eigenvalue weighted by molar-refractivity contribution is 0.630. The van der Waals surface area contributed by atoms with Crippen LogP contribution in [0.2, 0.25) is 0 Å². The van der Waals surface area contributed by atoms with Gasteiger partial charge in [-0.2, -0.15) is 0 Å². The molecule has 0 aliphatic heterocycles. The van der Waals surface area contributed by atoms with E-state index in [0.717, 1.165) is 27.3 Å². The van der Waals surface area contributed by atoms with Gasteiger partial charge in [-0.1, -0.05) is 48.5 Å². The van der Waals surface area contributed by atoms with Crippen molar-refractivity contribution >= 4 is 40.3 Å². The maximum atomic E-state index is 13.4. The lowest BCUT2D eigenvalue weighted by atomic mass is 10.3. The first-order chi connectivity index (χ1) is 16.1. The predicted molar refractivity (Wildman–Crippen MR) is 134 cm³/mol. The first kappa shape index (κ1) is 20.8. The molecule has 0 aliphatic carbocycles. The molecule has 2 heterocycles. The highest BCUT2D eigenvalue weighted by molar-refractivity contribution is 8.00. The molecule has 0 atom stereocenters. The van der Waals surface area contributed by atoms with Gasteiger partial charge in [0.15, 0.2) is 11.6 Å². The van der Waals surface area contributed by atoms with Gasteiger partial charge in [-0.05, 0) is 55.3 Å². The average molecular weight is 455 g/mol. The number of nitrogens with zero attached hydrogens (tertiary/aromatic N) is 4. The van der Waals surface area contributed by atoms with Crippen molar-refractivity contribution in [3.8, 4) is 5.69 Å². The summed E-state index contributed by atoms with van der Waals surface area (Å²) in [7, 11) is 1.87. The molecule has 0 saturated heterocycles. The summed E-state index contributed by atoms with van der Waals surface area (Å²) in [5.41, 5.74) is 3.40. The number of aromatic nitrogens is 4. The highest BCUT2D eigenvalue weighted by atomic mass is 32.2. The molecule has 3 aromatic carbocycles. The van der Waals surface area contributed by atoms with Crippen LogP contribution in [0.4, 0.5) is 17.3 Å². The molecule has 0 amide bonds. The number of benzene rings is 3. The van der Waals surface area contributed by atoms with E-state index in [1.54, 1.807) is 4.68 Å². The zero-order chi connectivity index (χ0) is 22.8. The number of hydrogen-bond acceptors (Lipinski definition) is 6. The normalized spacial score (nSPS) is 11.0. The standard InChI is InChI=1S/C25H22N6OS/c1-17-22(25(32)31(30(17)2)18-11-5-3-6-12-18)28-23-24(29-33-19-13-7-4-8-14-19)27-21-16-10-9-15-20(21)26-23/h3-16H,1-2H3,(H,26,28)(H,27,29). The van der Waals surface area contributed by atoms with E-state index in [-0.39, 0.29) is 5.56 Å². The van der Waals surface area contributed by atoms with Crippen LogP contribution in [-0.2, 0) is 7.05 Å². The molecule has 2 N–H and O–H groups in total. The van der Waals surface area contributed by atoms with Crippen LogP contribution < -0.4 is 15.6 Å². The quantitative estimate of drug-likeness (QED) is 0.340. The molecule has 0 unspecified atom stereocenters. The molecule has 0 spiro atoms. The fourth-order valence-electron chi connectivity index (χ4n) is 3.58. The van der Waals surface area contributed by atoms with E-state index in [9.17, 15) is 4.79 Å². The Morgan fingerprint density at radius 3 is 2.03 bits per heavy atom. The summed E-state index contributed by atoms with van der Waals surface area (Å²) in [6, 6.07) is 27.2. The van der Waals surface area contributed by atoms with Crippen molar-refractivity contribution in [2.24, 2.45) is 7.05 Å². The summed E-state index contributed by atoms with van der Waals surface area (Å²) in [5.74, 6) is 1.04. The van der Waals surface area contributed by atoms with Crippen LogP contribution >= 0.6 is 11.9 Å². The van der Waals surface area contributed by atoms with Crippen molar-refractivity contribution in [1.82, 2.24) is 19.3 Å². The molecule has 0 radical (unpaired) electrons. The molecule has 5 aromatic rings. The molecular formula is C25H22N6OS. The second-order valence-corrected chi connectivity index (χ2v) is 8.37. The Morgan fingerprint density at radius 2 is 1.36 bits per heavy atom. The van der Waals surface area contributed by atoms with Crippen LogP contribution in [0.3, 0.4) is 0 Å². The molecule has 0 aliphatic rings. The molecule has 33 heavy (non-hydrogen) atoms. The number of para-hydroxylation sites is 3. The predicted octanol–water partition coefficient (Wildman–Crippen LogP) is 5.29. The summed E-state index contributed by atoms with van der Waals surface area (Å²) >= 11 is 1.44. The fraction of sp³-hybridized carbons (Fsp3) is 0.0800. The Hall–Kier alpha value is -4.04. The fourth-order valence-corrected chi connectivity index (χ4v) is 4.23. The maximum Gasteiger partial charge on any atom is 0.295 e. The van der Waals surface area contributed by atoms with Crippen molar-refractivity contribution < 1.29 is 0 Å². The minimum Gasteiger partial charge on any atom is -0.331 e. The van der Waals surface area contributed by atoms with E-state index in [1.807, 2.05) is 104 Å². The Balaban J connectivity index is 1.56. The summed E-state index contributed by atoms with van der Waals surface area (Å²) in [6.45, 7) is 1.91. The van der Waals surface area contributed by atoms with Crippen LogP contribution in [0, 0.1) is 6.92 Å². The van der Waals surface area contributed by atoms with Crippen LogP contribution in [0.1, 0.15) is 5.69 Å². The van der Waals surface area contributed by atoms with Gasteiger partial charge in [-0.3, -0.25) is 9.48 Å². The molecule has 0 saturated carbocycles. The lowest BCUT2D eigenvalue weighted by Gasteiger charge is -2.12. The van der Waals surface area contributed by atoms with Crippen LogP contribution in [0.15, 0.2) is 94.6 Å². The summed E-state index contributed by atoms with van der Waals surface area (Å²) in [4.78, 5) is 23.9. The van der Waals surface area contributed by atoms with Crippen molar-refractivity contribution in [2.45, 2.75) is 11.8 Å². The van der Waals surface area contributed by atoms with E-state index >= 15 is 0 Å². The second-order valence-electron chi connectivity index (χ2n) is 7.49. The van der Waals surface area contributed by atoms with Gasteiger partial charge in [0, 0.05) is 11.9 Å². The second kappa shape index (κ2) is 8.84. The van der Waals surface area contributed by atoms with E-state index in [0.29, 0.717) is 17.3 Å². The number of rotatable bonds is 6. The minimum atomic E-state index is -0.155. The molecule has 8 heteroatoms. The number of anilines is 3. The zero-order valence-electron chi connectivity index (χ0n) is 18.2. The number of hydrogen-bond donors (Lipinski definition) is 2. The SMILES string of the molecule is Cc1c(Nc2nc3ccccc3nc2NSc2ccccc2)c(=O)n(-c2ccccc2)n1C. The smallest absolute Gasteiger partial charge is 0.295 e. The van der Waals surface area contributed by atoms with Gasteiger partial charge in [0.1, 0.15) is 5.69 Å². The molecule has 0 bridgehead atoms. The van der Waals surface area contributed by atoms with Gasteiger partial charge in [0.2, 0.25) is 0 Å². The van der Waals surface area contributed by atoms with Gasteiger partial charge in [-0.15, -0.1) is 0 Å². The maximum absolute atomic E-state index is 13.4. The highest BCUT2D eigenvalue weighted by Crippen LogP contribution is 2.29. The monoisotopic (exact) mass is 454 g/mol. The zero-order valence-corrected chi connectivity index (χ0v) is 19.0. The van der Waals surface area contributed by atoms with E-state index in [2.05, 4.69) is 10.0 Å². The third-order valence-corrected chi connectivity index (χ3v) is 6.18. The van der Waals surface area contributed by atoms with Gasteiger partial charge >= 0.3 is 0 Å². The number of fused-ring (bicyclic) bond motifs is 1. The van der Waals surface area contributed by atoms with Crippen LogP contribution in [-0.4, -0.2) is 19.3 Å². The lowest BCUT2D eigenvalue weighted by Crippen LogP contribution is -2.20. The van der Waals surface area contributed by atoms with E-state index in [1.165, 1.54) is 11.9 Å². The summed E-state index contributed by atoms with van der Waals surface area (Å²) < 4.78 is 6.77. The minimum absolute atomic E-state index is 0.155. The summed E-state index contributed by atoms with van der Waals surface area (Å²) in [5, 5.41) is 3.26. The van der Waals surface area contributed by atoms with E-state index in [4.69, 9.17) is 9.97 Å². The van der Waals surface area contributed by atoms with Gasteiger partial charge < -0.3 is 10.0 Å². The third kappa shape index (κ3) is 4.08.